The zero-order chi connectivity index (χ0) is 16.2. The maximum absolute atomic E-state index is 12.1. The molecular formula is C17H19N3OS. The Hall–Kier alpha value is -2.06. The number of rotatable bonds is 5. The molecule has 0 bridgehead atoms. The Morgan fingerprint density at radius 1 is 1.41 bits per heavy atom. The van der Waals surface area contributed by atoms with Crippen molar-refractivity contribution >= 4 is 28.6 Å². The summed E-state index contributed by atoms with van der Waals surface area (Å²) in [5, 5.41) is 13.1. The first-order valence-electron chi connectivity index (χ1n) is 7.15. The number of hydrogen-bond donors (Lipinski definition) is 1. The van der Waals surface area contributed by atoms with Gasteiger partial charge in [0.25, 0.3) is 0 Å². The van der Waals surface area contributed by atoms with E-state index in [1.165, 1.54) is 11.8 Å². The molecule has 0 aliphatic rings. The van der Waals surface area contributed by atoms with Gasteiger partial charge in [-0.15, -0.1) is 11.8 Å². The minimum Gasteiger partial charge on any atom is -0.337 e. The van der Waals surface area contributed by atoms with Gasteiger partial charge in [-0.05, 0) is 25.0 Å². The number of benzene rings is 1. The normalized spacial score (nSPS) is 13.6. The fraction of sp³-hybridized carbons (Fsp3) is 0.353. The second-order valence-electron chi connectivity index (χ2n) is 5.64. The van der Waals surface area contributed by atoms with Crippen molar-refractivity contribution in [3.63, 3.8) is 0 Å². The quantitative estimate of drug-likeness (QED) is 0.859. The van der Waals surface area contributed by atoms with Crippen molar-refractivity contribution in [1.29, 1.82) is 5.26 Å². The number of hydrogen-bond acceptors (Lipinski definition) is 4. The fourth-order valence-corrected chi connectivity index (χ4v) is 2.80. The number of amides is 1. The number of nitriles is 1. The van der Waals surface area contributed by atoms with Crippen molar-refractivity contribution in [2.45, 2.75) is 31.2 Å². The minimum absolute atomic E-state index is 0.0469. The Labute approximate surface area is 134 Å². The van der Waals surface area contributed by atoms with Crippen LogP contribution in [0.1, 0.15) is 20.8 Å². The van der Waals surface area contributed by atoms with Crippen LogP contribution in [0, 0.1) is 17.2 Å². The molecule has 0 spiro atoms. The van der Waals surface area contributed by atoms with E-state index in [9.17, 15) is 10.1 Å². The zero-order valence-electron chi connectivity index (χ0n) is 13.0. The third-order valence-corrected chi connectivity index (χ3v) is 4.79. The summed E-state index contributed by atoms with van der Waals surface area (Å²) in [7, 11) is 0. The van der Waals surface area contributed by atoms with Gasteiger partial charge in [0.05, 0.1) is 17.3 Å². The van der Waals surface area contributed by atoms with Crippen molar-refractivity contribution in [3.05, 3.63) is 36.5 Å². The number of nitrogens with zero attached hydrogens (tertiary/aromatic N) is 2. The largest absolute Gasteiger partial charge is 0.337 e. The summed E-state index contributed by atoms with van der Waals surface area (Å²) in [6, 6.07) is 12.0. The Morgan fingerprint density at radius 3 is 2.82 bits per heavy atom. The van der Waals surface area contributed by atoms with Gasteiger partial charge in [0.2, 0.25) is 5.91 Å². The lowest BCUT2D eigenvalue weighted by atomic mass is 9.90. The smallest absolute Gasteiger partial charge is 0.231 e. The molecule has 4 nitrogen and oxygen atoms in total. The van der Waals surface area contributed by atoms with Crippen LogP contribution in [0.15, 0.2) is 41.4 Å². The van der Waals surface area contributed by atoms with E-state index in [-0.39, 0.29) is 17.6 Å². The lowest BCUT2D eigenvalue weighted by Gasteiger charge is -2.27. The highest BCUT2D eigenvalue weighted by atomic mass is 32.2. The Morgan fingerprint density at radius 2 is 2.14 bits per heavy atom. The number of carbonyl (C=O) groups excluding carboxylic acids is 1. The molecule has 1 amide bonds. The molecule has 0 fully saturated rings. The summed E-state index contributed by atoms with van der Waals surface area (Å²) in [4.78, 5) is 17.5. The van der Waals surface area contributed by atoms with E-state index in [0.717, 1.165) is 15.8 Å². The van der Waals surface area contributed by atoms with Crippen molar-refractivity contribution in [3.8, 4) is 6.07 Å². The second-order valence-corrected chi connectivity index (χ2v) is 6.65. The molecule has 1 heterocycles. The molecule has 1 aromatic carbocycles. The molecule has 2 aromatic rings. The van der Waals surface area contributed by atoms with Crippen LogP contribution >= 0.6 is 11.8 Å². The standard InChI is InChI=1S/C17H19N3OS/c1-12(2)17(3,11-18)20-15(21)10-22-14-8-4-6-13-7-5-9-19-16(13)14/h4-9,12H,10H2,1-3H3,(H,20,21)/t17-/m1/s1. The monoisotopic (exact) mass is 313 g/mol. The molecule has 1 atom stereocenters. The maximum Gasteiger partial charge on any atom is 0.231 e. The predicted molar refractivity (Wildman–Crippen MR) is 89.5 cm³/mol. The molecule has 1 N–H and O–H groups in total. The predicted octanol–water partition coefficient (Wildman–Crippen LogP) is 3.38. The second kappa shape index (κ2) is 6.80. The zero-order valence-corrected chi connectivity index (χ0v) is 13.8. The van der Waals surface area contributed by atoms with Gasteiger partial charge >= 0.3 is 0 Å². The minimum atomic E-state index is -0.839. The van der Waals surface area contributed by atoms with Crippen LogP contribution in [0.3, 0.4) is 0 Å². The summed E-state index contributed by atoms with van der Waals surface area (Å²) in [6.45, 7) is 5.59. The van der Waals surface area contributed by atoms with Crippen LogP contribution in [0.2, 0.25) is 0 Å². The van der Waals surface area contributed by atoms with Gasteiger partial charge < -0.3 is 5.32 Å². The fourth-order valence-electron chi connectivity index (χ4n) is 1.96. The number of aromatic nitrogens is 1. The summed E-state index contributed by atoms with van der Waals surface area (Å²) in [5.41, 5.74) is 0.0592. The Balaban J connectivity index is 2.06. The molecule has 1 aromatic heterocycles. The van der Waals surface area contributed by atoms with Gasteiger partial charge in [0.1, 0.15) is 5.54 Å². The number of para-hydroxylation sites is 1. The lowest BCUT2D eigenvalue weighted by Crippen LogP contribution is -2.49. The number of carbonyl (C=O) groups is 1. The van der Waals surface area contributed by atoms with Crippen molar-refractivity contribution in [2.75, 3.05) is 5.75 Å². The SMILES string of the molecule is CC(C)[C@@](C)(C#N)NC(=O)CSc1cccc2cccnc12. The van der Waals surface area contributed by atoms with Crippen LogP contribution in [-0.4, -0.2) is 22.2 Å². The summed E-state index contributed by atoms with van der Waals surface area (Å²) in [6.07, 6.45) is 1.75. The van der Waals surface area contributed by atoms with E-state index in [2.05, 4.69) is 16.4 Å². The number of pyridine rings is 1. The molecule has 0 aliphatic heterocycles. The van der Waals surface area contributed by atoms with Gasteiger partial charge in [-0.3, -0.25) is 9.78 Å². The first kappa shape index (κ1) is 16.3. The molecule has 0 saturated carbocycles. The Bertz CT molecular complexity index is 718. The van der Waals surface area contributed by atoms with E-state index in [1.54, 1.807) is 13.1 Å². The topological polar surface area (TPSA) is 65.8 Å². The molecular weight excluding hydrogens is 294 g/mol. The van der Waals surface area contributed by atoms with Crippen LogP contribution < -0.4 is 5.32 Å². The number of nitrogens with one attached hydrogen (secondary N) is 1. The van der Waals surface area contributed by atoms with Gasteiger partial charge in [-0.2, -0.15) is 5.26 Å². The lowest BCUT2D eigenvalue weighted by molar-refractivity contribution is -0.120. The van der Waals surface area contributed by atoms with Crippen LogP contribution in [-0.2, 0) is 4.79 Å². The average Bonchev–Trinajstić information content (AvgIpc) is 2.52. The summed E-state index contributed by atoms with van der Waals surface area (Å²) < 4.78 is 0. The molecule has 0 radical (unpaired) electrons. The summed E-state index contributed by atoms with van der Waals surface area (Å²) >= 11 is 1.44. The molecule has 0 saturated heterocycles. The maximum atomic E-state index is 12.1. The van der Waals surface area contributed by atoms with Gasteiger partial charge in [0, 0.05) is 16.5 Å². The van der Waals surface area contributed by atoms with E-state index in [4.69, 9.17) is 0 Å². The van der Waals surface area contributed by atoms with Gasteiger partial charge in [0.15, 0.2) is 0 Å². The molecule has 22 heavy (non-hydrogen) atoms. The average molecular weight is 313 g/mol. The van der Waals surface area contributed by atoms with Crippen LogP contribution in [0.5, 0.6) is 0 Å². The highest BCUT2D eigenvalue weighted by molar-refractivity contribution is 8.00. The molecule has 0 aliphatic carbocycles. The highest BCUT2D eigenvalue weighted by Crippen LogP contribution is 2.26. The molecule has 5 heteroatoms. The van der Waals surface area contributed by atoms with Crippen LogP contribution in [0.25, 0.3) is 10.9 Å². The highest BCUT2D eigenvalue weighted by Gasteiger charge is 2.29. The van der Waals surface area contributed by atoms with Gasteiger partial charge in [-0.1, -0.05) is 32.0 Å². The van der Waals surface area contributed by atoms with E-state index < -0.39 is 5.54 Å². The van der Waals surface area contributed by atoms with Crippen molar-refractivity contribution < 1.29 is 4.79 Å². The number of thioether (sulfide) groups is 1. The summed E-state index contributed by atoms with van der Waals surface area (Å²) in [5.74, 6) is 0.168. The number of fused-ring (bicyclic) bond motifs is 1. The third kappa shape index (κ3) is 3.58. The molecule has 114 valence electrons. The van der Waals surface area contributed by atoms with E-state index in [0.29, 0.717) is 0 Å². The van der Waals surface area contributed by atoms with Crippen molar-refractivity contribution in [1.82, 2.24) is 10.3 Å². The van der Waals surface area contributed by atoms with Crippen LogP contribution in [0.4, 0.5) is 0 Å². The molecule has 0 unspecified atom stereocenters. The third-order valence-electron chi connectivity index (χ3n) is 3.74. The van der Waals surface area contributed by atoms with E-state index in [1.807, 2.05) is 44.2 Å². The van der Waals surface area contributed by atoms with E-state index >= 15 is 0 Å². The Kier molecular flexibility index (Phi) is 5.04. The van der Waals surface area contributed by atoms with Gasteiger partial charge in [-0.25, -0.2) is 0 Å². The first-order chi connectivity index (χ1) is 10.5. The molecule has 2 rings (SSSR count). The first-order valence-corrected chi connectivity index (χ1v) is 8.13. The van der Waals surface area contributed by atoms with Crippen molar-refractivity contribution in [2.24, 2.45) is 5.92 Å².